The predicted octanol–water partition coefficient (Wildman–Crippen LogP) is 0.792. The van der Waals surface area contributed by atoms with E-state index in [1.54, 1.807) is 18.2 Å². The zero-order valence-corrected chi connectivity index (χ0v) is 11.9. The molecule has 0 radical (unpaired) electrons. The van der Waals surface area contributed by atoms with Gasteiger partial charge < -0.3 is 5.32 Å². The van der Waals surface area contributed by atoms with Gasteiger partial charge in [-0.15, -0.1) is 0 Å². The van der Waals surface area contributed by atoms with Gasteiger partial charge >= 0.3 is 5.69 Å². The van der Waals surface area contributed by atoms with Crippen molar-refractivity contribution in [2.24, 2.45) is 0 Å². The van der Waals surface area contributed by atoms with Crippen molar-refractivity contribution in [3.63, 3.8) is 0 Å². The highest BCUT2D eigenvalue weighted by atomic mass is 79.9. The van der Waals surface area contributed by atoms with Crippen molar-refractivity contribution in [2.45, 2.75) is 12.8 Å². The molecule has 0 bridgehead atoms. The Labute approximate surface area is 121 Å². The van der Waals surface area contributed by atoms with Crippen LogP contribution in [0.15, 0.2) is 38.3 Å². The standard InChI is InChI=1S/C12H11BrN4O3/c13-7-2-1-3-8(6-7)14-10(18)5-4-9-11(19)15-12(20)17-16-9/h1-3,6H,4-5H2,(H,14,18)(H2,15,17,19,20). The van der Waals surface area contributed by atoms with Gasteiger partial charge in [0, 0.05) is 23.0 Å². The topological polar surface area (TPSA) is 108 Å². The lowest BCUT2D eigenvalue weighted by Crippen LogP contribution is -2.28. The number of hydrogen-bond acceptors (Lipinski definition) is 4. The van der Waals surface area contributed by atoms with E-state index in [1.165, 1.54) is 0 Å². The van der Waals surface area contributed by atoms with E-state index in [9.17, 15) is 14.4 Å². The van der Waals surface area contributed by atoms with Gasteiger partial charge in [0.2, 0.25) is 5.91 Å². The fraction of sp³-hybridized carbons (Fsp3) is 0.167. The number of halogens is 1. The first-order valence-corrected chi connectivity index (χ1v) is 6.57. The molecule has 3 N–H and O–H groups in total. The van der Waals surface area contributed by atoms with E-state index in [1.807, 2.05) is 6.07 Å². The van der Waals surface area contributed by atoms with E-state index < -0.39 is 11.2 Å². The molecule has 8 heteroatoms. The fourth-order valence-corrected chi connectivity index (χ4v) is 1.96. The van der Waals surface area contributed by atoms with Crippen molar-refractivity contribution in [3.8, 4) is 0 Å². The molecule has 1 heterocycles. The third kappa shape index (κ3) is 3.89. The summed E-state index contributed by atoms with van der Waals surface area (Å²) in [5.74, 6) is -0.240. The Morgan fingerprint density at radius 1 is 1.35 bits per heavy atom. The van der Waals surface area contributed by atoms with Crippen LogP contribution in [0.1, 0.15) is 12.1 Å². The summed E-state index contributed by atoms with van der Waals surface area (Å²) in [6, 6.07) is 7.17. The van der Waals surface area contributed by atoms with Gasteiger partial charge in [0.1, 0.15) is 5.69 Å². The van der Waals surface area contributed by atoms with E-state index in [0.29, 0.717) is 5.69 Å². The van der Waals surface area contributed by atoms with Crippen LogP contribution in [0.3, 0.4) is 0 Å². The summed E-state index contributed by atoms with van der Waals surface area (Å²) >= 11 is 3.30. The summed E-state index contributed by atoms with van der Waals surface area (Å²) in [4.78, 5) is 36.0. The highest BCUT2D eigenvalue weighted by molar-refractivity contribution is 9.10. The van der Waals surface area contributed by atoms with Crippen molar-refractivity contribution < 1.29 is 4.79 Å². The molecule has 104 valence electrons. The van der Waals surface area contributed by atoms with Gasteiger partial charge in [-0.05, 0) is 18.2 Å². The number of hydrogen-bond donors (Lipinski definition) is 3. The molecule has 0 saturated carbocycles. The molecule has 0 aliphatic carbocycles. The molecule has 1 aromatic heterocycles. The maximum atomic E-state index is 11.7. The van der Waals surface area contributed by atoms with Crippen LogP contribution in [-0.2, 0) is 11.2 Å². The van der Waals surface area contributed by atoms with Crippen LogP contribution in [-0.4, -0.2) is 21.1 Å². The number of aromatic amines is 2. The van der Waals surface area contributed by atoms with Gasteiger partial charge in [0.25, 0.3) is 5.56 Å². The first kappa shape index (κ1) is 14.2. The molecule has 0 aliphatic rings. The predicted molar refractivity (Wildman–Crippen MR) is 76.6 cm³/mol. The molecule has 0 aliphatic heterocycles. The quantitative estimate of drug-likeness (QED) is 0.765. The number of aromatic nitrogens is 3. The van der Waals surface area contributed by atoms with Gasteiger partial charge in [-0.2, -0.15) is 5.10 Å². The van der Waals surface area contributed by atoms with E-state index >= 15 is 0 Å². The molecule has 2 aromatic rings. The maximum absolute atomic E-state index is 11.7. The lowest BCUT2D eigenvalue weighted by atomic mass is 10.2. The third-order valence-corrected chi connectivity index (χ3v) is 2.97. The average Bonchev–Trinajstić information content (AvgIpc) is 2.37. The Hall–Kier alpha value is -2.22. The summed E-state index contributed by atoms with van der Waals surface area (Å²) in [6.45, 7) is 0. The van der Waals surface area contributed by atoms with E-state index in [4.69, 9.17) is 0 Å². The monoisotopic (exact) mass is 338 g/mol. The fourth-order valence-electron chi connectivity index (χ4n) is 1.56. The van der Waals surface area contributed by atoms with Gasteiger partial charge in [-0.1, -0.05) is 22.0 Å². The van der Waals surface area contributed by atoms with Gasteiger partial charge in [-0.3, -0.25) is 14.6 Å². The molecule has 1 aromatic carbocycles. The number of amides is 1. The summed E-state index contributed by atoms with van der Waals surface area (Å²) in [7, 11) is 0. The number of benzene rings is 1. The van der Waals surface area contributed by atoms with Crippen molar-refractivity contribution in [2.75, 3.05) is 5.32 Å². The van der Waals surface area contributed by atoms with Crippen molar-refractivity contribution >= 4 is 27.5 Å². The molecule has 1 amide bonds. The Bertz CT molecular complexity index is 738. The number of nitrogens with zero attached hydrogens (tertiary/aromatic N) is 1. The summed E-state index contributed by atoms with van der Waals surface area (Å²) in [6.07, 6.45) is 0.237. The van der Waals surface area contributed by atoms with Crippen LogP contribution in [0.5, 0.6) is 0 Å². The number of carbonyl (C=O) groups excluding carboxylic acids is 1. The van der Waals surface area contributed by atoms with E-state index in [-0.39, 0.29) is 24.4 Å². The second kappa shape index (κ2) is 6.29. The molecule has 20 heavy (non-hydrogen) atoms. The number of aryl methyl sites for hydroxylation is 1. The average molecular weight is 339 g/mol. The smallest absolute Gasteiger partial charge is 0.326 e. The van der Waals surface area contributed by atoms with Crippen LogP contribution < -0.4 is 16.6 Å². The minimum absolute atomic E-state index is 0.0919. The van der Waals surface area contributed by atoms with Gasteiger partial charge in [-0.25, -0.2) is 9.89 Å². The third-order valence-electron chi connectivity index (χ3n) is 2.48. The van der Waals surface area contributed by atoms with Crippen molar-refractivity contribution in [1.29, 1.82) is 0 Å². The zero-order chi connectivity index (χ0) is 14.5. The second-order valence-corrected chi connectivity index (χ2v) is 4.93. The van der Waals surface area contributed by atoms with Crippen LogP contribution in [0.25, 0.3) is 0 Å². The SMILES string of the molecule is O=C(CCc1n[nH]c(=O)[nH]c1=O)Nc1cccc(Br)c1. The van der Waals surface area contributed by atoms with Crippen LogP contribution in [0.4, 0.5) is 5.69 Å². The minimum Gasteiger partial charge on any atom is -0.326 e. The lowest BCUT2D eigenvalue weighted by molar-refractivity contribution is -0.116. The minimum atomic E-state index is -0.669. The molecule has 2 rings (SSSR count). The number of rotatable bonds is 4. The van der Waals surface area contributed by atoms with Crippen LogP contribution >= 0.6 is 15.9 Å². The lowest BCUT2D eigenvalue weighted by Gasteiger charge is -2.04. The van der Waals surface area contributed by atoms with Crippen LogP contribution in [0.2, 0.25) is 0 Å². The van der Waals surface area contributed by atoms with Crippen molar-refractivity contribution in [3.05, 3.63) is 55.3 Å². The highest BCUT2D eigenvalue weighted by Crippen LogP contribution is 2.15. The number of nitrogens with one attached hydrogen (secondary N) is 3. The zero-order valence-electron chi connectivity index (χ0n) is 10.3. The number of carbonyl (C=O) groups is 1. The molecule has 0 atom stereocenters. The Morgan fingerprint density at radius 3 is 2.85 bits per heavy atom. The largest absolute Gasteiger partial charge is 0.342 e. The van der Waals surface area contributed by atoms with E-state index in [0.717, 1.165) is 4.47 Å². The Kier molecular flexibility index (Phi) is 4.46. The number of H-pyrrole nitrogens is 2. The molecule has 0 unspecified atom stereocenters. The van der Waals surface area contributed by atoms with Gasteiger partial charge in [0.15, 0.2) is 0 Å². The van der Waals surface area contributed by atoms with Gasteiger partial charge in [0.05, 0.1) is 0 Å². The maximum Gasteiger partial charge on any atom is 0.342 e. The molecule has 0 spiro atoms. The van der Waals surface area contributed by atoms with Crippen molar-refractivity contribution in [1.82, 2.24) is 15.2 Å². The molecule has 7 nitrogen and oxygen atoms in total. The normalized spacial score (nSPS) is 10.2. The molecular weight excluding hydrogens is 328 g/mol. The summed E-state index contributed by atoms with van der Waals surface area (Å²) < 4.78 is 0.856. The Balaban J connectivity index is 1.95. The van der Waals surface area contributed by atoms with E-state index in [2.05, 4.69) is 36.4 Å². The number of anilines is 1. The summed E-state index contributed by atoms with van der Waals surface area (Å²) in [5, 5.41) is 8.43. The highest BCUT2D eigenvalue weighted by Gasteiger charge is 2.07. The first-order valence-electron chi connectivity index (χ1n) is 5.78. The Morgan fingerprint density at radius 2 is 2.15 bits per heavy atom. The molecular formula is C12H11BrN4O3. The first-order chi connectivity index (χ1) is 9.54. The summed E-state index contributed by atoms with van der Waals surface area (Å²) in [5.41, 5.74) is -0.469. The van der Waals surface area contributed by atoms with Crippen LogP contribution in [0, 0.1) is 0 Å². The molecule has 0 saturated heterocycles. The molecule has 0 fully saturated rings. The second-order valence-electron chi connectivity index (χ2n) is 4.01.